The van der Waals surface area contributed by atoms with Crippen molar-refractivity contribution in [3.8, 4) is 5.75 Å². The molecule has 24 heavy (non-hydrogen) atoms. The van der Waals surface area contributed by atoms with E-state index >= 15 is 0 Å². The second kappa shape index (κ2) is 8.21. The molecule has 0 spiro atoms. The summed E-state index contributed by atoms with van der Waals surface area (Å²) in [4.78, 5) is 28.0. The molecule has 0 fully saturated rings. The van der Waals surface area contributed by atoms with E-state index in [1.165, 1.54) is 30.3 Å². The third kappa shape index (κ3) is 4.88. The zero-order valence-corrected chi connectivity index (χ0v) is 13.7. The number of benzene rings is 1. The largest absolute Gasteiger partial charge is 0.484 e. The van der Waals surface area contributed by atoms with Gasteiger partial charge in [0.25, 0.3) is 5.91 Å². The first-order valence-corrected chi connectivity index (χ1v) is 7.75. The fourth-order valence-corrected chi connectivity index (χ4v) is 2.55. The highest BCUT2D eigenvalue weighted by atomic mass is 32.1. The molecule has 1 N–H and O–H groups in total. The molecule has 126 valence electrons. The number of carbonyl (C=O) groups excluding carboxylic acids is 2. The Balaban J connectivity index is 1.90. The Labute approximate surface area is 141 Å². The van der Waals surface area contributed by atoms with E-state index < -0.39 is 11.9 Å². The van der Waals surface area contributed by atoms with E-state index in [2.05, 4.69) is 16.9 Å². The second-order valence-electron chi connectivity index (χ2n) is 4.61. The summed E-state index contributed by atoms with van der Waals surface area (Å²) < 4.78 is 22.9. The minimum absolute atomic E-state index is 0.101. The molecule has 8 heteroatoms. The average molecular weight is 350 g/mol. The van der Waals surface area contributed by atoms with Crippen LogP contribution in [-0.4, -0.2) is 30.1 Å². The van der Waals surface area contributed by atoms with Gasteiger partial charge in [0.1, 0.15) is 23.1 Å². The molecule has 0 aliphatic carbocycles. The van der Waals surface area contributed by atoms with Crippen molar-refractivity contribution in [1.29, 1.82) is 0 Å². The Morgan fingerprint density at radius 3 is 2.75 bits per heavy atom. The molecule has 2 rings (SSSR count). The Morgan fingerprint density at radius 1 is 1.38 bits per heavy atom. The molecule has 2 aromatic rings. The number of amides is 1. The van der Waals surface area contributed by atoms with Gasteiger partial charge in [-0.2, -0.15) is 0 Å². The lowest BCUT2D eigenvalue weighted by Crippen LogP contribution is -2.20. The Kier molecular flexibility index (Phi) is 6.02. The molecule has 0 saturated heterocycles. The lowest BCUT2D eigenvalue weighted by molar-refractivity contribution is -0.118. The van der Waals surface area contributed by atoms with Gasteiger partial charge >= 0.3 is 5.97 Å². The number of nitrogens with one attached hydrogen (secondary N) is 1. The number of nitrogens with zero attached hydrogens (tertiary/aromatic N) is 1. The molecule has 0 atom stereocenters. The van der Waals surface area contributed by atoms with Crippen LogP contribution in [0.15, 0.2) is 36.9 Å². The number of hydrogen-bond acceptors (Lipinski definition) is 6. The number of aromatic nitrogens is 1. The fraction of sp³-hybridized carbons (Fsp3) is 0.188. The van der Waals surface area contributed by atoms with Crippen molar-refractivity contribution in [2.24, 2.45) is 0 Å². The van der Waals surface area contributed by atoms with Crippen molar-refractivity contribution in [2.45, 2.75) is 6.92 Å². The van der Waals surface area contributed by atoms with Gasteiger partial charge < -0.3 is 9.47 Å². The third-order valence-corrected chi connectivity index (χ3v) is 3.80. The summed E-state index contributed by atoms with van der Waals surface area (Å²) in [5.74, 6) is -0.983. The summed E-state index contributed by atoms with van der Waals surface area (Å²) in [5.41, 5.74) is 0.462. The number of carbonyl (C=O) groups is 2. The zero-order valence-electron chi connectivity index (χ0n) is 12.9. The van der Waals surface area contributed by atoms with Crippen LogP contribution in [0.3, 0.4) is 0 Å². The van der Waals surface area contributed by atoms with Gasteiger partial charge in [-0.1, -0.05) is 24.0 Å². The van der Waals surface area contributed by atoms with E-state index in [0.717, 1.165) is 11.3 Å². The second-order valence-corrected chi connectivity index (χ2v) is 5.61. The van der Waals surface area contributed by atoms with E-state index in [-0.39, 0.29) is 24.2 Å². The van der Waals surface area contributed by atoms with Crippen molar-refractivity contribution >= 4 is 28.3 Å². The Bertz CT molecular complexity index is 743. The van der Waals surface area contributed by atoms with Crippen molar-refractivity contribution in [3.05, 3.63) is 53.3 Å². The summed E-state index contributed by atoms with van der Waals surface area (Å²) in [6.07, 6.45) is 1.46. The van der Waals surface area contributed by atoms with E-state index in [0.29, 0.717) is 16.3 Å². The quantitative estimate of drug-likeness (QED) is 0.614. The number of hydrogen-bond donors (Lipinski definition) is 1. The highest BCUT2D eigenvalue weighted by Crippen LogP contribution is 2.23. The summed E-state index contributed by atoms with van der Waals surface area (Å²) in [6.45, 7) is 4.94. The minimum Gasteiger partial charge on any atom is -0.484 e. The number of rotatable bonds is 7. The Hall–Kier alpha value is -2.74. The van der Waals surface area contributed by atoms with Crippen molar-refractivity contribution < 1.29 is 23.5 Å². The van der Waals surface area contributed by atoms with E-state index in [4.69, 9.17) is 9.47 Å². The van der Waals surface area contributed by atoms with Gasteiger partial charge in [0.15, 0.2) is 11.7 Å². The smallest absolute Gasteiger partial charge is 0.350 e. The van der Waals surface area contributed by atoms with Crippen molar-refractivity contribution in [2.75, 3.05) is 18.5 Å². The number of anilines is 1. The van der Waals surface area contributed by atoms with Crippen LogP contribution in [0.25, 0.3) is 0 Å². The van der Waals surface area contributed by atoms with Gasteiger partial charge in [-0.3, -0.25) is 10.1 Å². The molecule has 1 aromatic heterocycles. The SMILES string of the molecule is C=CCOC(=O)c1sc(NC(=O)COc2ccc(F)cc2)nc1C. The molecular formula is C16H15FN2O4S. The topological polar surface area (TPSA) is 77.5 Å². The van der Waals surface area contributed by atoms with Gasteiger partial charge in [-0.25, -0.2) is 14.2 Å². The van der Waals surface area contributed by atoms with Crippen LogP contribution < -0.4 is 10.1 Å². The Morgan fingerprint density at radius 2 is 2.08 bits per heavy atom. The molecule has 0 aliphatic heterocycles. The van der Waals surface area contributed by atoms with Crippen LogP contribution in [0.5, 0.6) is 5.75 Å². The first kappa shape index (κ1) is 17.6. The van der Waals surface area contributed by atoms with Gasteiger partial charge in [0, 0.05) is 0 Å². The van der Waals surface area contributed by atoms with Gasteiger partial charge in [0.05, 0.1) is 5.69 Å². The first-order valence-electron chi connectivity index (χ1n) is 6.93. The normalized spacial score (nSPS) is 10.1. The maximum absolute atomic E-state index is 12.8. The number of halogens is 1. The minimum atomic E-state index is -0.520. The van der Waals surface area contributed by atoms with Crippen LogP contribution in [0, 0.1) is 12.7 Å². The van der Waals surface area contributed by atoms with E-state index in [1.54, 1.807) is 6.92 Å². The maximum Gasteiger partial charge on any atom is 0.350 e. The summed E-state index contributed by atoms with van der Waals surface area (Å²) in [5, 5.41) is 2.81. The van der Waals surface area contributed by atoms with Gasteiger partial charge in [0.2, 0.25) is 0 Å². The average Bonchev–Trinajstić information content (AvgIpc) is 2.92. The van der Waals surface area contributed by atoms with E-state index in [9.17, 15) is 14.0 Å². The molecule has 0 unspecified atom stereocenters. The van der Waals surface area contributed by atoms with Gasteiger partial charge in [-0.15, -0.1) is 0 Å². The van der Waals surface area contributed by atoms with Crippen LogP contribution >= 0.6 is 11.3 Å². The number of thiazole rings is 1. The zero-order chi connectivity index (χ0) is 17.5. The lowest BCUT2D eigenvalue weighted by atomic mass is 10.3. The molecule has 0 radical (unpaired) electrons. The number of esters is 1. The molecule has 6 nitrogen and oxygen atoms in total. The molecule has 0 bridgehead atoms. The molecule has 1 aromatic carbocycles. The summed E-state index contributed by atoms with van der Waals surface area (Å²) in [6, 6.07) is 5.31. The predicted molar refractivity (Wildman–Crippen MR) is 87.9 cm³/mol. The summed E-state index contributed by atoms with van der Waals surface area (Å²) in [7, 11) is 0. The lowest BCUT2D eigenvalue weighted by Gasteiger charge is -2.05. The van der Waals surface area contributed by atoms with E-state index in [1.807, 2.05) is 0 Å². The molecule has 0 saturated carbocycles. The van der Waals surface area contributed by atoms with Crippen LogP contribution in [-0.2, 0) is 9.53 Å². The molecular weight excluding hydrogens is 335 g/mol. The standard InChI is InChI=1S/C16H15FN2O4S/c1-3-8-22-15(21)14-10(2)18-16(24-14)19-13(20)9-23-12-6-4-11(17)5-7-12/h3-7H,1,8-9H2,2H3,(H,18,19,20). The third-order valence-electron chi connectivity index (χ3n) is 2.74. The van der Waals surface area contributed by atoms with Crippen LogP contribution in [0.1, 0.15) is 15.4 Å². The fourth-order valence-electron chi connectivity index (χ4n) is 1.67. The predicted octanol–water partition coefficient (Wildman–Crippen LogP) is 2.95. The van der Waals surface area contributed by atoms with Crippen molar-refractivity contribution in [3.63, 3.8) is 0 Å². The number of ether oxygens (including phenoxy) is 2. The highest BCUT2D eigenvalue weighted by Gasteiger charge is 2.17. The first-order chi connectivity index (χ1) is 11.5. The van der Waals surface area contributed by atoms with Crippen LogP contribution in [0.2, 0.25) is 0 Å². The molecule has 0 aliphatic rings. The maximum atomic E-state index is 12.8. The number of aryl methyl sites for hydroxylation is 1. The molecule has 1 heterocycles. The van der Waals surface area contributed by atoms with Crippen LogP contribution in [0.4, 0.5) is 9.52 Å². The van der Waals surface area contributed by atoms with Gasteiger partial charge in [-0.05, 0) is 31.2 Å². The monoisotopic (exact) mass is 350 g/mol. The summed E-state index contributed by atoms with van der Waals surface area (Å²) >= 11 is 1.01. The highest BCUT2D eigenvalue weighted by molar-refractivity contribution is 7.17. The molecule has 1 amide bonds. The van der Waals surface area contributed by atoms with Crippen molar-refractivity contribution in [1.82, 2.24) is 4.98 Å².